The van der Waals surface area contributed by atoms with Crippen molar-refractivity contribution in [3.8, 4) is 5.75 Å². The highest BCUT2D eigenvalue weighted by atomic mass is 19.3. The molecule has 1 rings (SSSR count). The molecule has 0 unspecified atom stereocenters. The Morgan fingerprint density at radius 3 is 2.68 bits per heavy atom. The van der Waals surface area contributed by atoms with Gasteiger partial charge in [-0.25, -0.2) is 0 Å². The van der Waals surface area contributed by atoms with Gasteiger partial charge in [0.25, 0.3) is 0 Å². The van der Waals surface area contributed by atoms with E-state index in [1.807, 2.05) is 13.8 Å². The maximum Gasteiger partial charge on any atom is 0.387 e. The van der Waals surface area contributed by atoms with Gasteiger partial charge < -0.3 is 10.1 Å². The zero-order valence-corrected chi connectivity index (χ0v) is 10.9. The van der Waals surface area contributed by atoms with Crippen molar-refractivity contribution in [1.29, 1.82) is 0 Å². The van der Waals surface area contributed by atoms with Crippen molar-refractivity contribution in [1.82, 2.24) is 5.32 Å². The summed E-state index contributed by atoms with van der Waals surface area (Å²) in [7, 11) is 0. The molecule has 3 nitrogen and oxygen atoms in total. The lowest BCUT2D eigenvalue weighted by atomic mass is 10.2. The first-order chi connectivity index (χ1) is 8.99. The van der Waals surface area contributed by atoms with Crippen molar-refractivity contribution >= 4 is 12.0 Å². The number of carbonyl (C=O) groups is 1. The molecule has 1 N–H and O–H groups in total. The van der Waals surface area contributed by atoms with Gasteiger partial charge in [-0.2, -0.15) is 8.78 Å². The molecule has 0 atom stereocenters. The van der Waals surface area contributed by atoms with E-state index in [2.05, 4.69) is 10.1 Å². The van der Waals surface area contributed by atoms with Gasteiger partial charge in [0.15, 0.2) is 0 Å². The fourth-order valence-electron chi connectivity index (χ4n) is 1.35. The van der Waals surface area contributed by atoms with E-state index in [9.17, 15) is 13.6 Å². The van der Waals surface area contributed by atoms with Crippen LogP contribution in [0, 0.1) is 5.92 Å². The summed E-state index contributed by atoms with van der Waals surface area (Å²) in [6.45, 7) is 1.65. The summed E-state index contributed by atoms with van der Waals surface area (Å²) in [5.74, 6) is 0.137. The predicted molar refractivity (Wildman–Crippen MR) is 70.0 cm³/mol. The normalized spacial score (nSPS) is 11.3. The van der Waals surface area contributed by atoms with Crippen LogP contribution in [0.1, 0.15) is 19.4 Å². The minimum atomic E-state index is -2.88. The molecular weight excluding hydrogens is 252 g/mol. The maximum absolute atomic E-state index is 12.2. The zero-order chi connectivity index (χ0) is 14.3. The van der Waals surface area contributed by atoms with Crippen molar-refractivity contribution < 1.29 is 18.3 Å². The third kappa shape index (κ3) is 5.99. The van der Waals surface area contributed by atoms with E-state index in [0.717, 1.165) is 0 Å². The van der Waals surface area contributed by atoms with Crippen LogP contribution in [0.15, 0.2) is 30.3 Å². The summed E-state index contributed by atoms with van der Waals surface area (Å²) in [4.78, 5) is 11.5. The highest BCUT2D eigenvalue weighted by Crippen LogP contribution is 2.21. The number of hydrogen-bond donors (Lipinski definition) is 1. The van der Waals surface area contributed by atoms with Gasteiger partial charge >= 0.3 is 6.61 Å². The molecule has 0 radical (unpaired) electrons. The molecule has 0 aliphatic heterocycles. The minimum Gasteiger partial charge on any atom is -0.434 e. The van der Waals surface area contributed by atoms with Gasteiger partial charge in [0.1, 0.15) is 5.75 Å². The molecule has 0 aliphatic rings. The molecular formula is C14H17F2NO2. The lowest BCUT2D eigenvalue weighted by Crippen LogP contribution is -2.25. The molecule has 0 bridgehead atoms. The number of carbonyl (C=O) groups excluding carboxylic acids is 1. The standard InChI is InChI=1S/C14H17F2NO2/c1-10(2)9-17-13(18)8-7-11-5-3-4-6-12(11)19-14(15)16/h3-8,10,14H,9H2,1-2H3,(H,17,18)/b8-7+. The van der Waals surface area contributed by atoms with Crippen LogP contribution in [-0.2, 0) is 4.79 Å². The van der Waals surface area contributed by atoms with Crippen LogP contribution >= 0.6 is 0 Å². The van der Waals surface area contributed by atoms with Gasteiger partial charge in [0, 0.05) is 18.2 Å². The summed E-state index contributed by atoms with van der Waals surface area (Å²) < 4.78 is 28.7. The summed E-state index contributed by atoms with van der Waals surface area (Å²) in [6, 6.07) is 6.31. The molecule has 0 aromatic heterocycles. The molecule has 104 valence electrons. The first-order valence-electron chi connectivity index (χ1n) is 5.98. The highest BCUT2D eigenvalue weighted by Gasteiger charge is 2.07. The molecule has 0 saturated carbocycles. The Hall–Kier alpha value is -1.91. The van der Waals surface area contributed by atoms with Crippen LogP contribution in [0.4, 0.5) is 8.78 Å². The van der Waals surface area contributed by atoms with E-state index in [1.165, 1.54) is 18.2 Å². The number of rotatable bonds is 6. The van der Waals surface area contributed by atoms with Crippen molar-refractivity contribution in [3.05, 3.63) is 35.9 Å². The number of hydrogen-bond acceptors (Lipinski definition) is 2. The van der Waals surface area contributed by atoms with E-state index in [-0.39, 0.29) is 11.7 Å². The summed E-state index contributed by atoms with van der Waals surface area (Å²) in [5, 5.41) is 2.70. The summed E-state index contributed by atoms with van der Waals surface area (Å²) in [5.41, 5.74) is 0.433. The lowest BCUT2D eigenvalue weighted by molar-refractivity contribution is -0.116. The van der Waals surface area contributed by atoms with Crippen LogP contribution in [0.25, 0.3) is 6.08 Å². The van der Waals surface area contributed by atoms with Crippen LogP contribution in [0.2, 0.25) is 0 Å². The number of ether oxygens (including phenoxy) is 1. The summed E-state index contributed by atoms with van der Waals surface area (Å²) in [6.07, 6.45) is 2.75. The van der Waals surface area contributed by atoms with Gasteiger partial charge in [0.05, 0.1) is 0 Å². The molecule has 1 amide bonds. The maximum atomic E-state index is 12.2. The predicted octanol–water partition coefficient (Wildman–Crippen LogP) is 3.07. The number of para-hydroxylation sites is 1. The van der Waals surface area contributed by atoms with Crippen molar-refractivity contribution in [2.24, 2.45) is 5.92 Å². The molecule has 5 heteroatoms. The number of halogens is 2. The third-order valence-corrected chi connectivity index (χ3v) is 2.23. The number of nitrogens with one attached hydrogen (secondary N) is 1. The van der Waals surface area contributed by atoms with Gasteiger partial charge in [-0.3, -0.25) is 4.79 Å². The second-order valence-corrected chi connectivity index (χ2v) is 4.39. The lowest BCUT2D eigenvalue weighted by Gasteiger charge is -2.07. The quantitative estimate of drug-likeness (QED) is 0.806. The fourth-order valence-corrected chi connectivity index (χ4v) is 1.35. The second-order valence-electron chi connectivity index (χ2n) is 4.39. The second kappa shape index (κ2) is 7.51. The highest BCUT2D eigenvalue weighted by molar-refractivity contribution is 5.92. The first-order valence-corrected chi connectivity index (χ1v) is 5.98. The average molecular weight is 269 g/mol. The topological polar surface area (TPSA) is 38.3 Å². The average Bonchev–Trinajstić information content (AvgIpc) is 2.34. The van der Waals surface area contributed by atoms with E-state index < -0.39 is 6.61 Å². The van der Waals surface area contributed by atoms with Crippen LogP contribution in [-0.4, -0.2) is 19.1 Å². The molecule has 0 heterocycles. The third-order valence-electron chi connectivity index (χ3n) is 2.23. The number of benzene rings is 1. The van der Waals surface area contributed by atoms with Crippen LogP contribution in [0.5, 0.6) is 5.75 Å². The first kappa shape index (κ1) is 15.1. The monoisotopic (exact) mass is 269 g/mol. The molecule has 0 saturated heterocycles. The molecule has 19 heavy (non-hydrogen) atoms. The molecule has 1 aromatic rings. The van der Waals surface area contributed by atoms with Crippen LogP contribution in [0.3, 0.4) is 0 Å². The smallest absolute Gasteiger partial charge is 0.387 e. The Bertz CT molecular complexity index is 445. The van der Waals surface area contributed by atoms with Gasteiger partial charge in [-0.1, -0.05) is 32.0 Å². The van der Waals surface area contributed by atoms with Gasteiger partial charge in [0.2, 0.25) is 5.91 Å². The number of alkyl halides is 2. The molecule has 1 aromatic carbocycles. The van der Waals surface area contributed by atoms with Crippen LogP contribution < -0.4 is 10.1 Å². The Morgan fingerprint density at radius 1 is 1.37 bits per heavy atom. The number of amides is 1. The molecule has 0 spiro atoms. The molecule has 0 aliphatic carbocycles. The summed E-state index contributed by atoms with van der Waals surface area (Å²) >= 11 is 0. The van der Waals surface area contributed by atoms with Crippen molar-refractivity contribution in [2.45, 2.75) is 20.5 Å². The minimum absolute atomic E-state index is 0.0467. The fraction of sp³-hybridized carbons (Fsp3) is 0.357. The zero-order valence-electron chi connectivity index (χ0n) is 10.9. The Morgan fingerprint density at radius 2 is 2.05 bits per heavy atom. The van der Waals surface area contributed by atoms with Gasteiger partial charge in [-0.05, 0) is 18.1 Å². The van der Waals surface area contributed by atoms with E-state index in [0.29, 0.717) is 18.0 Å². The SMILES string of the molecule is CC(C)CNC(=O)/C=C/c1ccccc1OC(F)F. The largest absolute Gasteiger partial charge is 0.434 e. The van der Waals surface area contributed by atoms with E-state index in [1.54, 1.807) is 18.2 Å². The van der Waals surface area contributed by atoms with E-state index in [4.69, 9.17) is 0 Å². The Labute approximate surface area is 111 Å². The van der Waals surface area contributed by atoms with Crippen molar-refractivity contribution in [2.75, 3.05) is 6.54 Å². The van der Waals surface area contributed by atoms with E-state index >= 15 is 0 Å². The molecule has 0 fully saturated rings. The Balaban J connectivity index is 2.67. The van der Waals surface area contributed by atoms with Gasteiger partial charge in [-0.15, -0.1) is 0 Å². The Kier molecular flexibility index (Phi) is 5.99. The van der Waals surface area contributed by atoms with Crippen molar-refractivity contribution in [3.63, 3.8) is 0 Å².